The van der Waals surface area contributed by atoms with Crippen LogP contribution in [-0.4, -0.2) is 21.5 Å². The van der Waals surface area contributed by atoms with Crippen molar-refractivity contribution in [3.8, 4) is 0 Å². The Hall–Kier alpha value is -2.17. The predicted octanol–water partition coefficient (Wildman–Crippen LogP) is 2.01. The molecule has 5 nitrogen and oxygen atoms in total. The van der Waals surface area contributed by atoms with Gasteiger partial charge in [0.2, 0.25) is 5.91 Å². The van der Waals surface area contributed by atoms with E-state index in [9.17, 15) is 9.59 Å². The third-order valence-corrected chi connectivity index (χ3v) is 3.50. The number of carbonyl (C=O) groups excluding carboxylic acids is 1. The Kier molecular flexibility index (Phi) is 4.73. The predicted molar refractivity (Wildman–Crippen MR) is 83.3 cm³/mol. The Morgan fingerprint density at radius 3 is 2.90 bits per heavy atom. The number of hydrogen-bond donors (Lipinski definition) is 1. The Balaban J connectivity index is 2.22. The van der Waals surface area contributed by atoms with Gasteiger partial charge in [0.1, 0.15) is 6.54 Å². The molecule has 0 unspecified atom stereocenters. The number of aryl methyl sites for hydroxylation is 1. The number of hydrogen-bond acceptors (Lipinski definition) is 3. The normalized spacial score (nSPS) is 12.3. The molecule has 1 aromatic heterocycles. The molecular formula is C16H21N3O2. The highest BCUT2D eigenvalue weighted by Gasteiger charge is 2.10. The fourth-order valence-corrected chi connectivity index (χ4v) is 2.43. The average molecular weight is 287 g/mol. The maximum Gasteiger partial charge on any atom is 0.261 e. The van der Waals surface area contributed by atoms with Crippen LogP contribution in [0.3, 0.4) is 0 Å². The Morgan fingerprint density at radius 1 is 1.43 bits per heavy atom. The van der Waals surface area contributed by atoms with E-state index >= 15 is 0 Å². The molecule has 112 valence electrons. The molecule has 1 atom stereocenters. The molecule has 0 radical (unpaired) electrons. The molecule has 21 heavy (non-hydrogen) atoms. The van der Waals surface area contributed by atoms with E-state index in [1.165, 1.54) is 10.9 Å². The van der Waals surface area contributed by atoms with E-state index in [4.69, 9.17) is 0 Å². The van der Waals surface area contributed by atoms with Crippen molar-refractivity contribution in [2.24, 2.45) is 0 Å². The van der Waals surface area contributed by atoms with E-state index in [0.29, 0.717) is 10.9 Å². The second kappa shape index (κ2) is 6.52. The van der Waals surface area contributed by atoms with Crippen LogP contribution in [0, 0.1) is 6.92 Å². The molecule has 2 rings (SSSR count). The van der Waals surface area contributed by atoms with Crippen LogP contribution in [0.4, 0.5) is 0 Å². The van der Waals surface area contributed by atoms with Crippen LogP contribution < -0.4 is 10.9 Å². The summed E-state index contributed by atoms with van der Waals surface area (Å²) in [6, 6.07) is 5.60. The topological polar surface area (TPSA) is 64.0 Å². The number of fused-ring (bicyclic) bond motifs is 1. The van der Waals surface area contributed by atoms with Crippen LogP contribution in [0.5, 0.6) is 0 Å². The molecule has 0 spiro atoms. The van der Waals surface area contributed by atoms with E-state index in [-0.39, 0.29) is 24.1 Å². The van der Waals surface area contributed by atoms with Gasteiger partial charge in [0.15, 0.2) is 0 Å². The number of amides is 1. The van der Waals surface area contributed by atoms with Gasteiger partial charge in [0, 0.05) is 6.04 Å². The molecule has 5 heteroatoms. The van der Waals surface area contributed by atoms with Gasteiger partial charge in [-0.25, -0.2) is 4.98 Å². The van der Waals surface area contributed by atoms with Gasteiger partial charge in [-0.1, -0.05) is 25.5 Å². The third kappa shape index (κ3) is 3.48. The van der Waals surface area contributed by atoms with Crippen molar-refractivity contribution >= 4 is 16.8 Å². The Labute approximate surface area is 124 Å². The second-order valence-corrected chi connectivity index (χ2v) is 5.41. The van der Waals surface area contributed by atoms with Crippen molar-refractivity contribution in [3.63, 3.8) is 0 Å². The van der Waals surface area contributed by atoms with Gasteiger partial charge in [-0.05, 0) is 31.9 Å². The maximum absolute atomic E-state index is 12.4. The summed E-state index contributed by atoms with van der Waals surface area (Å²) in [6.45, 7) is 5.96. The van der Waals surface area contributed by atoms with Crippen LogP contribution >= 0.6 is 0 Å². The van der Waals surface area contributed by atoms with Crippen LogP contribution in [0.15, 0.2) is 29.3 Å². The largest absolute Gasteiger partial charge is 0.352 e. The van der Waals surface area contributed by atoms with Crippen LogP contribution in [0.25, 0.3) is 10.9 Å². The van der Waals surface area contributed by atoms with Crippen LogP contribution in [-0.2, 0) is 11.3 Å². The van der Waals surface area contributed by atoms with Crippen molar-refractivity contribution in [1.82, 2.24) is 14.9 Å². The molecule has 1 heterocycles. The average Bonchev–Trinajstić information content (AvgIpc) is 2.43. The van der Waals surface area contributed by atoms with E-state index in [2.05, 4.69) is 17.2 Å². The zero-order valence-corrected chi connectivity index (χ0v) is 12.7. The summed E-state index contributed by atoms with van der Waals surface area (Å²) in [5.41, 5.74) is 1.47. The zero-order chi connectivity index (χ0) is 15.4. The van der Waals surface area contributed by atoms with Gasteiger partial charge in [0.25, 0.3) is 5.56 Å². The van der Waals surface area contributed by atoms with Crippen molar-refractivity contribution < 1.29 is 4.79 Å². The minimum absolute atomic E-state index is 0.00374. The molecule has 0 bridgehead atoms. The standard InChI is InChI=1S/C16H21N3O2/c1-4-6-12(3)18-14(20)9-19-10-17-15-11(2)7-5-8-13(15)16(19)21/h5,7-8,10,12H,4,6,9H2,1-3H3,(H,18,20)/t12-/m0/s1. The van der Waals surface area contributed by atoms with Crippen molar-refractivity contribution in [2.45, 2.75) is 46.2 Å². The fraction of sp³-hybridized carbons (Fsp3) is 0.438. The number of benzene rings is 1. The summed E-state index contributed by atoms with van der Waals surface area (Å²) in [4.78, 5) is 28.6. The number of carbonyl (C=O) groups is 1. The number of para-hydroxylation sites is 1. The smallest absolute Gasteiger partial charge is 0.261 e. The molecule has 1 amide bonds. The Morgan fingerprint density at radius 2 is 2.19 bits per heavy atom. The Bertz CT molecular complexity index is 706. The van der Waals surface area contributed by atoms with Crippen molar-refractivity contribution in [3.05, 3.63) is 40.4 Å². The van der Waals surface area contributed by atoms with Gasteiger partial charge in [-0.3, -0.25) is 14.2 Å². The SMILES string of the molecule is CCC[C@H](C)NC(=O)Cn1cnc2c(C)cccc2c1=O. The molecule has 0 aliphatic carbocycles. The minimum atomic E-state index is -0.179. The number of nitrogens with one attached hydrogen (secondary N) is 1. The van der Waals surface area contributed by atoms with Crippen molar-refractivity contribution in [2.75, 3.05) is 0 Å². The highest BCUT2D eigenvalue weighted by molar-refractivity contribution is 5.81. The van der Waals surface area contributed by atoms with Crippen LogP contribution in [0.1, 0.15) is 32.3 Å². The van der Waals surface area contributed by atoms with Gasteiger partial charge in [-0.15, -0.1) is 0 Å². The molecule has 0 fully saturated rings. The molecule has 2 aromatic rings. The molecule has 0 aliphatic rings. The van der Waals surface area contributed by atoms with Gasteiger partial charge < -0.3 is 5.32 Å². The lowest BCUT2D eigenvalue weighted by molar-refractivity contribution is -0.122. The number of nitrogens with zero attached hydrogens (tertiary/aromatic N) is 2. The molecule has 1 N–H and O–H groups in total. The summed E-state index contributed by atoms with van der Waals surface area (Å²) < 4.78 is 1.36. The number of rotatable bonds is 5. The molecular weight excluding hydrogens is 266 g/mol. The first kappa shape index (κ1) is 15.2. The second-order valence-electron chi connectivity index (χ2n) is 5.41. The first-order valence-corrected chi connectivity index (χ1v) is 7.27. The summed E-state index contributed by atoms with van der Waals surface area (Å²) in [6.07, 6.45) is 3.38. The highest BCUT2D eigenvalue weighted by atomic mass is 16.2. The van der Waals surface area contributed by atoms with E-state index in [1.807, 2.05) is 26.0 Å². The highest BCUT2D eigenvalue weighted by Crippen LogP contribution is 2.11. The lowest BCUT2D eigenvalue weighted by Gasteiger charge is -2.13. The quantitative estimate of drug-likeness (QED) is 0.915. The van der Waals surface area contributed by atoms with E-state index in [1.54, 1.807) is 6.07 Å². The van der Waals surface area contributed by atoms with E-state index in [0.717, 1.165) is 18.4 Å². The third-order valence-electron chi connectivity index (χ3n) is 3.50. The molecule has 0 saturated carbocycles. The molecule has 0 saturated heterocycles. The maximum atomic E-state index is 12.4. The van der Waals surface area contributed by atoms with Gasteiger partial charge in [-0.2, -0.15) is 0 Å². The van der Waals surface area contributed by atoms with E-state index < -0.39 is 0 Å². The van der Waals surface area contributed by atoms with Crippen LogP contribution in [0.2, 0.25) is 0 Å². The monoisotopic (exact) mass is 287 g/mol. The summed E-state index contributed by atoms with van der Waals surface area (Å²) in [7, 11) is 0. The lowest BCUT2D eigenvalue weighted by atomic mass is 10.1. The first-order chi connectivity index (χ1) is 10.0. The summed E-state index contributed by atoms with van der Waals surface area (Å²) in [5, 5.41) is 3.44. The first-order valence-electron chi connectivity index (χ1n) is 7.27. The van der Waals surface area contributed by atoms with Gasteiger partial charge >= 0.3 is 0 Å². The number of aromatic nitrogens is 2. The van der Waals surface area contributed by atoms with Gasteiger partial charge in [0.05, 0.1) is 17.2 Å². The minimum Gasteiger partial charge on any atom is -0.352 e. The summed E-state index contributed by atoms with van der Waals surface area (Å²) >= 11 is 0. The fourth-order valence-electron chi connectivity index (χ4n) is 2.43. The zero-order valence-electron chi connectivity index (χ0n) is 12.7. The summed E-state index contributed by atoms with van der Waals surface area (Å²) in [5.74, 6) is -0.160. The molecule has 0 aliphatic heterocycles. The molecule has 1 aromatic carbocycles. The lowest BCUT2D eigenvalue weighted by Crippen LogP contribution is -2.37. The van der Waals surface area contributed by atoms with Crippen molar-refractivity contribution in [1.29, 1.82) is 0 Å².